The lowest BCUT2D eigenvalue weighted by atomic mass is 10.2. The zero-order valence-corrected chi connectivity index (χ0v) is 12.2. The van der Waals surface area contributed by atoms with Crippen molar-refractivity contribution in [3.63, 3.8) is 0 Å². The van der Waals surface area contributed by atoms with E-state index in [4.69, 9.17) is 10.5 Å². The van der Waals surface area contributed by atoms with Crippen LogP contribution >= 0.6 is 12.4 Å². The smallest absolute Gasteiger partial charge is 0.243 e. The fourth-order valence-corrected chi connectivity index (χ4v) is 1.41. The van der Waals surface area contributed by atoms with Crippen molar-refractivity contribution in [3.05, 3.63) is 29.8 Å². The standard InChI is InChI=1S/C13H19N3O3.ClH/c1-2-19-9-10-4-3-5-11(6-10)16-13(18)8-15-12(17)7-14;/h3-6H,2,7-9,14H2,1H3,(H,15,17)(H,16,18);1H. The molecule has 2 amide bonds. The van der Waals surface area contributed by atoms with E-state index in [1.54, 1.807) is 6.07 Å². The lowest BCUT2D eigenvalue weighted by molar-refractivity contribution is -0.123. The van der Waals surface area contributed by atoms with E-state index >= 15 is 0 Å². The van der Waals surface area contributed by atoms with E-state index in [2.05, 4.69) is 10.6 Å². The van der Waals surface area contributed by atoms with Crippen LogP contribution < -0.4 is 16.4 Å². The van der Waals surface area contributed by atoms with Crippen LogP contribution in [-0.2, 0) is 20.9 Å². The fraction of sp³-hybridized carbons (Fsp3) is 0.385. The number of nitrogens with one attached hydrogen (secondary N) is 2. The van der Waals surface area contributed by atoms with Crippen LogP contribution in [0.25, 0.3) is 0 Å². The van der Waals surface area contributed by atoms with E-state index in [9.17, 15) is 9.59 Å². The second kappa shape index (κ2) is 10.2. The highest BCUT2D eigenvalue weighted by atomic mass is 35.5. The second-order valence-electron chi connectivity index (χ2n) is 3.87. The minimum absolute atomic E-state index is 0. The molecule has 0 aliphatic rings. The summed E-state index contributed by atoms with van der Waals surface area (Å²) in [6.45, 7) is 2.85. The van der Waals surface area contributed by atoms with Crippen LogP contribution in [0.2, 0.25) is 0 Å². The molecule has 7 heteroatoms. The molecule has 0 unspecified atom stereocenters. The predicted molar refractivity (Wildman–Crippen MR) is 79.7 cm³/mol. The van der Waals surface area contributed by atoms with Gasteiger partial charge in [0.1, 0.15) is 0 Å². The van der Waals surface area contributed by atoms with E-state index < -0.39 is 0 Å². The zero-order valence-electron chi connectivity index (χ0n) is 11.3. The fourth-order valence-electron chi connectivity index (χ4n) is 1.41. The number of nitrogens with two attached hydrogens (primary N) is 1. The van der Waals surface area contributed by atoms with Crippen molar-refractivity contribution in [2.75, 3.05) is 25.0 Å². The van der Waals surface area contributed by atoms with Crippen LogP contribution in [0.15, 0.2) is 24.3 Å². The van der Waals surface area contributed by atoms with Crippen LogP contribution in [0.3, 0.4) is 0 Å². The Kier molecular flexibility index (Phi) is 9.36. The first-order chi connectivity index (χ1) is 9.15. The van der Waals surface area contributed by atoms with Gasteiger partial charge >= 0.3 is 0 Å². The molecule has 0 radical (unpaired) electrons. The third-order valence-electron chi connectivity index (χ3n) is 2.32. The van der Waals surface area contributed by atoms with E-state index in [-0.39, 0.29) is 37.3 Å². The molecular weight excluding hydrogens is 282 g/mol. The Labute approximate surface area is 124 Å². The van der Waals surface area contributed by atoms with Crippen molar-refractivity contribution in [1.82, 2.24) is 5.32 Å². The third kappa shape index (κ3) is 7.08. The number of anilines is 1. The average molecular weight is 302 g/mol. The van der Waals surface area contributed by atoms with Crippen LogP contribution in [0.1, 0.15) is 12.5 Å². The largest absolute Gasteiger partial charge is 0.377 e. The van der Waals surface area contributed by atoms with Gasteiger partial charge in [-0.05, 0) is 24.6 Å². The Morgan fingerprint density at radius 1 is 1.30 bits per heavy atom. The van der Waals surface area contributed by atoms with Crippen molar-refractivity contribution < 1.29 is 14.3 Å². The van der Waals surface area contributed by atoms with E-state index in [1.165, 1.54) is 0 Å². The molecule has 0 aromatic heterocycles. The normalized spacial score (nSPS) is 9.50. The number of carbonyl (C=O) groups is 2. The Morgan fingerprint density at radius 3 is 2.70 bits per heavy atom. The SMILES string of the molecule is CCOCc1cccc(NC(=O)CNC(=O)CN)c1.Cl. The van der Waals surface area contributed by atoms with Gasteiger partial charge < -0.3 is 21.1 Å². The summed E-state index contributed by atoms with van der Waals surface area (Å²) in [4.78, 5) is 22.5. The summed E-state index contributed by atoms with van der Waals surface area (Å²) in [6.07, 6.45) is 0. The van der Waals surface area contributed by atoms with Gasteiger partial charge in [0.05, 0.1) is 19.7 Å². The molecule has 6 nitrogen and oxygen atoms in total. The summed E-state index contributed by atoms with van der Waals surface area (Å²) in [5.74, 6) is -0.657. The number of benzene rings is 1. The zero-order chi connectivity index (χ0) is 14.1. The number of hydrogen-bond acceptors (Lipinski definition) is 4. The molecule has 0 atom stereocenters. The van der Waals surface area contributed by atoms with Crippen molar-refractivity contribution in [2.45, 2.75) is 13.5 Å². The molecule has 0 aliphatic carbocycles. The molecule has 0 bridgehead atoms. The maximum absolute atomic E-state index is 11.6. The van der Waals surface area contributed by atoms with Crippen LogP contribution in [-0.4, -0.2) is 31.5 Å². The van der Waals surface area contributed by atoms with Crippen LogP contribution in [0.5, 0.6) is 0 Å². The van der Waals surface area contributed by atoms with Gasteiger partial charge in [-0.2, -0.15) is 0 Å². The number of rotatable bonds is 7. The maximum atomic E-state index is 11.6. The number of ether oxygens (including phenoxy) is 1. The third-order valence-corrected chi connectivity index (χ3v) is 2.32. The van der Waals surface area contributed by atoms with Crippen LogP contribution in [0.4, 0.5) is 5.69 Å². The molecule has 20 heavy (non-hydrogen) atoms. The summed E-state index contributed by atoms with van der Waals surface area (Å²) in [5.41, 5.74) is 6.77. The average Bonchev–Trinajstić information content (AvgIpc) is 2.43. The predicted octanol–water partition coefficient (Wildman–Crippen LogP) is 0.658. The number of carbonyl (C=O) groups excluding carboxylic acids is 2. The van der Waals surface area contributed by atoms with E-state index in [1.807, 2.05) is 25.1 Å². The van der Waals surface area contributed by atoms with E-state index in [0.717, 1.165) is 5.56 Å². The number of amides is 2. The molecule has 0 saturated heterocycles. The molecule has 112 valence electrons. The number of hydrogen-bond donors (Lipinski definition) is 3. The molecule has 4 N–H and O–H groups in total. The van der Waals surface area contributed by atoms with Gasteiger partial charge in [0, 0.05) is 12.3 Å². The first-order valence-corrected chi connectivity index (χ1v) is 6.09. The van der Waals surface area contributed by atoms with Gasteiger partial charge in [0.15, 0.2) is 0 Å². The van der Waals surface area contributed by atoms with Crippen molar-refractivity contribution in [3.8, 4) is 0 Å². The Balaban J connectivity index is 0.00000361. The quantitative estimate of drug-likeness (QED) is 0.689. The van der Waals surface area contributed by atoms with E-state index in [0.29, 0.717) is 18.9 Å². The maximum Gasteiger partial charge on any atom is 0.243 e. The first kappa shape index (κ1) is 18.4. The summed E-state index contributed by atoms with van der Waals surface area (Å²) in [5, 5.41) is 5.09. The lowest BCUT2D eigenvalue weighted by Gasteiger charge is -2.08. The molecular formula is C13H20ClN3O3. The monoisotopic (exact) mass is 301 g/mol. The number of halogens is 1. The Hall–Kier alpha value is -1.63. The topological polar surface area (TPSA) is 93.5 Å². The van der Waals surface area contributed by atoms with Gasteiger partial charge in [-0.25, -0.2) is 0 Å². The Bertz CT molecular complexity index is 441. The molecule has 1 aromatic rings. The summed E-state index contributed by atoms with van der Waals surface area (Å²) in [6, 6.07) is 7.36. The minimum atomic E-state index is -0.361. The molecule has 0 aliphatic heterocycles. The van der Waals surface area contributed by atoms with Crippen molar-refractivity contribution in [2.24, 2.45) is 5.73 Å². The first-order valence-electron chi connectivity index (χ1n) is 6.09. The lowest BCUT2D eigenvalue weighted by Crippen LogP contribution is -2.36. The van der Waals surface area contributed by atoms with Gasteiger partial charge in [-0.3, -0.25) is 9.59 Å². The van der Waals surface area contributed by atoms with Crippen molar-refractivity contribution >= 4 is 29.9 Å². The second-order valence-corrected chi connectivity index (χ2v) is 3.87. The summed E-state index contributed by atoms with van der Waals surface area (Å²) >= 11 is 0. The van der Waals surface area contributed by atoms with Crippen molar-refractivity contribution in [1.29, 1.82) is 0 Å². The highest BCUT2D eigenvalue weighted by Crippen LogP contribution is 2.11. The molecule has 1 aromatic carbocycles. The summed E-state index contributed by atoms with van der Waals surface area (Å²) in [7, 11) is 0. The van der Waals surface area contributed by atoms with Gasteiger partial charge in [-0.15, -0.1) is 12.4 Å². The van der Waals surface area contributed by atoms with Crippen LogP contribution in [0, 0.1) is 0 Å². The highest BCUT2D eigenvalue weighted by Gasteiger charge is 2.04. The Morgan fingerprint density at radius 2 is 2.05 bits per heavy atom. The van der Waals surface area contributed by atoms with Gasteiger partial charge in [-0.1, -0.05) is 12.1 Å². The highest BCUT2D eigenvalue weighted by molar-refractivity contribution is 5.94. The molecule has 1 rings (SSSR count). The molecule has 0 saturated carbocycles. The molecule has 0 fully saturated rings. The van der Waals surface area contributed by atoms with Gasteiger partial charge in [0.25, 0.3) is 0 Å². The van der Waals surface area contributed by atoms with Gasteiger partial charge in [0.2, 0.25) is 11.8 Å². The summed E-state index contributed by atoms with van der Waals surface area (Å²) < 4.78 is 5.29. The minimum Gasteiger partial charge on any atom is -0.377 e. The molecule has 0 heterocycles. The molecule has 0 spiro atoms.